The number of nitrogens with zero attached hydrogens (tertiary/aromatic N) is 1. The predicted octanol–water partition coefficient (Wildman–Crippen LogP) is 2.56. The summed E-state index contributed by atoms with van der Waals surface area (Å²) < 4.78 is 13.1. The molecule has 1 unspecified atom stereocenters. The topological polar surface area (TPSA) is 12.5 Å². The maximum atomic E-state index is 13.1. The molecule has 0 aromatic carbocycles. The summed E-state index contributed by atoms with van der Waals surface area (Å²) in [7, 11) is 0. The molecule has 0 spiro atoms. The van der Waals surface area contributed by atoms with Crippen LogP contribution in [0.5, 0.6) is 5.75 Å². The molecule has 0 bridgehead atoms. The van der Waals surface area contributed by atoms with E-state index in [2.05, 4.69) is 0 Å². The quantitative estimate of drug-likeness (QED) is 0.660. The lowest BCUT2D eigenvalue weighted by atomic mass is 10.3. The molecular weight excluding hydrogens is 177 g/mol. The van der Waals surface area contributed by atoms with E-state index in [-0.39, 0.29) is 0 Å². The van der Waals surface area contributed by atoms with E-state index < -0.39 is 6.30 Å². The van der Waals surface area contributed by atoms with E-state index in [0.29, 0.717) is 13.0 Å². The lowest BCUT2D eigenvalue weighted by molar-refractivity contribution is -0.129. The van der Waals surface area contributed by atoms with Gasteiger partial charge in [-0.15, -0.1) is 16.4 Å². The predicted molar refractivity (Wildman–Crippen MR) is 45.7 cm³/mol. The van der Waals surface area contributed by atoms with Crippen molar-refractivity contribution < 1.29 is 9.23 Å². The average Bonchev–Trinajstić information content (AvgIpc) is 2.60. The van der Waals surface area contributed by atoms with Crippen LogP contribution in [-0.2, 0) is 6.54 Å². The van der Waals surface area contributed by atoms with Gasteiger partial charge < -0.3 is 4.84 Å². The van der Waals surface area contributed by atoms with Gasteiger partial charge >= 0.3 is 0 Å². The summed E-state index contributed by atoms with van der Waals surface area (Å²) in [6.45, 7) is 2.38. The van der Waals surface area contributed by atoms with Crippen LogP contribution in [-0.4, -0.2) is 11.4 Å². The van der Waals surface area contributed by atoms with Crippen LogP contribution in [0.3, 0.4) is 0 Å². The number of fused-ring (bicyclic) bond motifs is 1. The van der Waals surface area contributed by atoms with Crippen LogP contribution < -0.4 is 4.84 Å². The van der Waals surface area contributed by atoms with Gasteiger partial charge in [0, 0.05) is 10.9 Å². The number of thiophene rings is 1. The van der Waals surface area contributed by atoms with Crippen LogP contribution in [0.2, 0.25) is 0 Å². The van der Waals surface area contributed by atoms with E-state index in [1.54, 1.807) is 18.3 Å². The van der Waals surface area contributed by atoms with Crippen molar-refractivity contribution in [1.29, 1.82) is 0 Å². The lowest BCUT2D eigenvalue weighted by Crippen LogP contribution is -2.29. The van der Waals surface area contributed by atoms with Crippen LogP contribution >= 0.6 is 11.3 Å². The molecule has 12 heavy (non-hydrogen) atoms. The first kappa shape index (κ1) is 8.01. The molecule has 1 aromatic heterocycles. The van der Waals surface area contributed by atoms with Crippen LogP contribution in [0, 0.1) is 0 Å². The van der Waals surface area contributed by atoms with Gasteiger partial charge in [0.1, 0.15) is 0 Å². The van der Waals surface area contributed by atoms with Crippen molar-refractivity contribution in [3.63, 3.8) is 0 Å². The minimum Gasteiger partial charge on any atom is -0.402 e. The molecular formula is C8H10FNOS. The third-order valence-corrected chi connectivity index (χ3v) is 2.66. The number of halogens is 1. The molecule has 0 aliphatic carbocycles. The van der Waals surface area contributed by atoms with Crippen molar-refractivity contribution in [3.05, 3.63) is 16.3 Å². The molecule has 1 aromatic rings. The Labute approximate surface area is 74.5 Å². The normalized spacial score (nSPS) is 18.8. The van der Waals surface area contributed by atoms with Crippen molar-refractivity contribution >= 4 is 11.3 Å². The van der Waals surface area contributed by atoms with Gasteiger partial charge in [-0.25, -0.2) is 4.39 Å². The Bertz CT molecular complexity index is 255. The first-order valence-electron chi connectivity index (χ1n) is 3.95. The Morgan fingerprint density at radius 3 is 3.25 bits per heavy atom. The summed E-state index contributed by atoms with van der Waals surface area (Å²) in [5.41, 5.74) is 1.09. The molecule has 2 nitrogen and oxygen atoms in total. The van der Waals surface area contributed by atoms with Gasteiger partial charge in [0.05, 0.1) is 6.54 Å². The van der Waals surface area contributed by atoms with Crippen LogP contribution in [0.1, 0.15) is 18.9 Å². The highest BCUT2D eigenvalue weighted by atomic mass is 32.1. The summed E-state index contributed by atoms with van der Waals surface area (Å²) in [5, 5.41) is 5.28. The second kappa shape index (κ2) is 3.03. The summed E-state index contributed by atoms with van der Waals surface area (Å²) in [5.74, 6) is 0.816. The number of rotatable bonds is 2. The van der Waals surface area contributed by atoms with Gasteiger partial charge in [0.25, 0.3) is 0 Å². The third kappa shape index (κ3) is 1.21. The molecule has 1 atom stereocenters. The van der Waals surface area contributed by atoms with E-state index in [1.165, 1.54) is 5.06 Å². The Balaban J connectivity index is 2.07. The van der Waals surface area contributed by atoms with E-state index >= 15 is 0 Å². The molecule has 2 rings (SSSR count). The maximum Gasteiger partial charge on any atom is 0.185 e. The van der Waals surface area contributed by atoms with Crippen molar-refractivity contribution in [2.75, 3.05) is 0 Å². The van der Waals surface area contributed by atoms with Crippen LogP contribution in [0.4, 0.5) is 4.39 Å². The van der Waals surface area contributed by atoms with Gasteiger partial charge in [-0.05, 0) is 11.8 Å². The van der Waals surface area contributed by atoms with Gasteiger partial charge in [0.2, 0.25) is 0 Å². The zero-order valence-corrected chi connectivity index (χ0v) is 7.60. The van der Waals surface area contributed by atoms with E-state index in [0.717, 1.165) is 11.3 Å². The molecule has 2 heterocycles. The highest BCUT2D eigenvalue weighted by Gasteiger charge is 2.27. The highest BCUT2D eigenvalue weighted by Crippen LogP contribution is 2.32. The van der Waals surface area contributed by atoms with Crippen molar-refractivity contribution in [3.8, 4) is 5.75 Å². The molecule has 1 aliphatic rings. The molecule has 4 heteroatoms. The van der Waals surface area contributed by atoms with Gasteiger partial charge in [0.15, 0.2) is 12.0 Å². The SMILES string of the molecule is CCC(F)N1Cc2cscc2O1. The Morgan fingerprint density at radius 2 is 2.58 bits per heavy atom. The van der Waals surface area contributed by atoms with Crippen molar-refractivity contribution in [2.45, 2.75) is 26.2 Å². The number of hydrogen-bond donors (Lipinski definition) is 0. The van der Waals surface area contributed by atoms with E-state index in [1.807, 2.05) is 10.8 Å². The zero-order chi connectivity index (χ0) is 8.55. The fourth-order valence-corrected chi connectivity index (χ4v) is 1.93. The number of hydroxylamine groups is 2. The summed E-state index contributed by atoms with van der Waals surface area (Å²) in [6, 6.07) is 0. The minimum absolute atomic E-state index is 0.466. The fraction of sp³-hybridized carbons (Fsp3) is 0.500. The average molecular weight is 187 g/mol. The van der Waals surface area contributed by atoms with E-state index in [9.17, 15) is 4.39 Å². The molecule has 0 fully saturated rings. The van der Waals surface area contributed by atoms with Gasteiger partial charge in [-0.1, -0.05) is 6.92 Å². The van der Waals surface area contributed by atoms with Crippen molar-refractivity contribution in [1.82, 2.24) is 5.06 Å². The monoisotopic (exact) mass is 187 g/mol. The Hall–Kier alpha value is -0.610. The summed E-state index contributed by atoms with van der Waals surface area (Å²) in [6.07, 6.45) is -0.518. The first-order valence-corrected chi connectivity index (χ1v) is 4.89. The largest absolute Gasteiger partial charge is 0.402 e. The molecule has 0 saturated carbocycles. The van der Waals surface area contributed by atoms with Crippen LogP contribution in [0.25, 0.3) is 0 Å². The molecule has 66 valence electrons. The smallest absolute Gasteiger partial charge is 0.185 e. The Kier molecular flexibility index (Phi) is 2.02. The molecule has 0 amide bonds. The highest BCUT2D eigenvalue weighted by molar-refractivity contribution is 7.08. The summed E-state index contributed by atoms with van der Waals surface area (Å²) >= 11 is 1.59. The second-order valence-corrected chi connectivity index (χ2v) is 3.51. The van der Waals surface area contributed by atoms with Gasteiger partial charge in [-0.3, -0.25) is 0 Å². The zero-order valence-electron chi connectivity index (χ0n) is 6.79. The second-order valence-electron chi connectivity index (χ2n) is 2.77. The molecule has 0 N–H and O–H groups in total. The lowest BCUT2D eigenvalue weighted by Gasteiger charge is -2.17. The third-order valence-electron chi connectivity index (χ3n) is 1.89. The van der Waals surface area contributed by atoms with Gasteiger partial charge in [-0.2, -0.15) is 0 Å². The Morgan fingerprint density at radius 1 is 1.75 bits per heavy atom. The molecule has 0 radical (unpaired) electrons. The maximum absolute atomic E-state index is 13.1. The first-order chi connectivity index (χ1) is 5.81. The number of hydrogen-bond acceptors (Lipinski definition) is 3. The number of alkyl halides is 1. The minimum atomic E-state index is -0.984. The molecule has 0 saturated heterocycles. The molecule has 1 aliphatic heterocycles. The fourth-order valence-electron chi connectivity index (χ4n) is 1.19. The summed E-state index contributed by atoms with van der Waals surface area (Å²) in [4.78, 5) is 5.27. The van der Waals surface area contributed by atoms with Crippen LogP contribution in [0.15, 0.2) is 10.8 Å². The van der Waals surface area contributed by atoms with E-state index in [4.69, 9.17) is 4.84 Å². The van der Waals surface area contributed by atoms with Crippen molar-refractivity contribution in [2.24, 2.45) is 0 Å². The standard InChI is InChI=1S/C8H10FNOS/c1-2-8(9)10-3-6-4-12-5-7(6)11-10/h4-5,8H,2-3H2,1H3.